The Balaban J connectivity index is 0.00000264. The van der Waals surface area contributed by atoms with Crippen LogP contribution in [0.3, 0.4) is 0 Å². The number of halogens is 3. The average molecular weight is 349 g/mol. The summed E-state index contributed by atoms with van der Waals surface area (Å²) in [5.74, 6) is -1.31. The molecular weight excluding hydrogens is 326 g/mol. The van der Waals surface area contributed by atoms with Crippen molar-refractivity contribution in [2.24, 2.45) is 5.73 Å². The molecule has 1 aliphatic carbocycles. The van der Waals surface area contributed by atoms with E-state index in [1.165, 1.54) is 7.11 Å². The van der Waals surface area contributed by atoms with Gasteiger partial charge in [0.2, 0.25) is 5.91 Å². The van der Waals surface area contributed by atoms with E-state index in [2.05, 4.69) is 0 Å². The second-order valence-corrected chi connectivity index (χ2v) is 5.70. The number of hydrogen-bond donors (Lipinski definition) is 1. The number of hydrogen-bond acceptors (Lipinski definition) is 3. The molecule has 1 saturated carbocycles. The molecule has 1 unspecified atom stereocenters. The van der Waals surface area contributed by atoms with E-state index in [9.17, 15) is 13.6 Å². The SMILES string of the molecule is COCC(N)C(=O)N(Cc1cc(F)ccc1F)C1CCCC1.Cl. The lowest BCUT2D eigenvalue weighted by molar-refractivity contribution is -0.136. The Hall–Kier alpha value is -1.24. The number of amides is 1. The minimum Gasteiger partial charge on any atom is -0.383 e. The zero-order valence-corrected chi connectivity index (χ0v) is 14.0. The van der Waals surface area contributed by atoms with Crippen molar-refractivity contribution >= 4 is 18.3 Å². The fourth-order valence-corrected chi connectivity index (χ4v) is 2.91. The van der Waals surface area contributed by atoms with Crippen molar-refractivity contribution in [3.05, 3.63) is 35.4 Å². The van der Waals surface area contributed by atoms with Crippen LogP contribution in [-0.4, -0.2) is 36.6 Å². The Kier molecular flexibility index (Phi) is 7.88. The van der Waals surface area contributed by atoms with E-state index in [-0.39, 0.29) is 43.1 Å². The average Bonchev–Trinajstić information content (AvgIpc) is 3.01. The van der Waals surface area contributed by atoms with E-state index in [4.69, 9.17) is 10.5 Å². The summed E-state index contributed by atoms with van der Waals surface area (Å²) in [5.41, 5.74) is 6.00. The molecule has 1 atom stereocenters. The van der Waals surface area contributed by atoms with Gasteiger partial charge in [0.05, 0.1) is 6.61 Å². The van der Waals surface area contributed by atoms with Crippen LogP contribution in [0.15, 0.2) is 18.2 Å². The molecule has 0 aromatic heterocycles. The van der Waals surface area contributed by atoms with Crippen molar-refractivity contribution < 1.29 is 18.3 Å². The molecule has 0 aliphatic heterocycles. The van der Waals surface area contributed by atoms with Gasteiger partial charge in [-0.25, -0.2) is 8.78 Å². The van der Waals surface area contributed by atoms with Crippen LogP contribution in [0.25, 0.3) is 0 Å². The molecule has 2 N–H and O–H groups in total. The monoisotopic (exact) mass is 348 g/mol. The molecule has 0 bridgehead atoms. The maximum absolute atomic E-state index is 13.9. The number of carbonyl (C=O) groups excluding carboxylic acids is 1. The van der Waals surface area contributed by atoms with Gasteiger partial charge < -0.3 is 15.4 Å². The quantitative estimate of drug-likeness (QED) is 0.859. The lowest BCUT2D eigenvalue weighted by Gasteiger charge is -2.31. The van der Waals surface area contributed by atoms with E-state index < -0.39 is 17.7 Å². The molecule has 0 spiro atoms. The second kappa shape index (κ2) is 9.15. The third-order valence-electron chi connectivity index (χ3n) is 4.06. The number of nitrogens with two attached hydrogens (primary N) is 1. The van der Waals surface area contributed by atoms with Crippen molar-refractivity contribution in [2.75, 3.05) is 13.7 Å². The highest BCUT2D eigenvalue weighted by Gasteiger charge is 2.30. The highest BCUT2D eigenvalue weighted by atomic mass is 35.5. The van der Waals surface area contributed by atoms with Crippen LogP contribution in [0.1, 0.15) is 31.2 Å². The van der Waals surface area contributed by atoms with Crippen LogP contribution >= 0.6 is 12.4 Å². The van der Waals surface area contributed by atoms with Crippen LogP contribution < -0.4 is 5.73 Å². The first kappa shape index (κ1) is 19.8. The molecule has 130 valence electrons. The summed E-state index contributed by atoms with van der Waals surface area (Å²) in [6.45, 7) is 0.137. The third-order valence-corrected chi connectivity index (χ3v) is 4.06. The van der Waals surface area contributed by atoms with E-state index in [1.54, 1.807) is 4.90 Å². The largest absolute Gasteiger partial charge is 0.383 e. The van der Waals surface area contributed by atoms with Gasteiger partial charge in [-0.3, -0.25) is 4.79 Å². The van der Waals surface area contributed by atoms with Gasteiger partial charge in [0.15, 0.2) is 0 Å². The van der Waals surface area contributed by atoms with Crippen LogP contribution in [-0.2, 0) is 16.1 Å². The van der Waals surface area contributed by atoms with Gasteiger partial charge in [0.1, 0.15) is 17.7 Å². The summed E-state index contributed by atoms with van der Waals surface area (Å²) >= 11 is 0. The summed E-state index contributed by atoms with van der Waals surface area (Å²) in [6.07, 6.45) is 3.78. The molecule has 1 aromatic carbocycles. The van der Waals surface area contributed by atoms with Crippen LogP contribution in [0.4, 0.5) is 8.78 Å². The van der Waals surface area contributed by atoms with Gasteiger partial charge >= 0.3 is 0 Å². The molecule has 7 heteroatoms. The Morgan fingerprint density at radius 1 is 1.39 bits per heavy atom. The molecule has 1 aromatic rings. The van der Waals surface area contributed by atoms with Crippen molar-refractivity contribution in [1.82, 2.24) is 4.90 Å². The van der Waals surface area contributed by atoms with Gasteiger partial charge in [-0.15, -0.1) is 12.4 Å². The lowest BCUT2D eigenvalue weighted by Crippen LogP contribution is -2.49. The second-order valence-electron chi connectivity index (χ2n) is 5.70. The first-order valence-corrected chi connectivity index (χ1v) is 7.52. The molecule has 1 aliphatic rings. The van der Waals surface area contributed by atoms with Gasteiger partial charge in [-0.05, 0) is 31.0 Å². The standard InChI is InChI=1S/C16H22F2N2O2.ClH/c1-22-10-15(19)16(21)20(13-4-2-3-5-13)9-11-8-12(17)6-7-14(11)18;/h6-8,13,15H,2-5,9-10,19H2,1H3;1H. The highest BCUT2D eigenvalue weighted by Crippen LogP contribution is 2.26. The number of methoxy groups -OCH3 is 1. The minimum atomic E-state index is -0.790. The zero-order valence-electron chi connectivity index (χ0n) is 13.1. The smallest absolute Gasteiger partial charge is 0.242 e. The molecule has 2 rings (SSSR count). The maximum atomic E-state index is 13.9. The van der Waals surface area contributed by atoms with Crippen molar-refractivity contribution in [2.45, 2.75) is 44.3 Å². The minimum absolute atomic E-state index is 0. The van der Waals surface area contributed by atoms with Gasteiger partial charge in [0, 0.05) is 25.3 Å². The van der Waals surface area contributed by atoms with E-state index in [1.807, 2.05) is 0 Å². The molecule has 0 heterocycles. The molecule has 4 nitrogen and oxygen atoms in total. The summed E-state index contributed by atoms with van der Waals surface area (Å²) in [6, 6.07) is 2.51. The topological polar surface area (TPSA) is 55.6 Å². The fraction of sp³-hybridized carbons (Fsp3) is 0.562. The predicted molar refractivity (Wildman–Crippen MR) is 86.3 cm³/mol. The van der Waals surface area contributed by atoms with E-state index in [0.29, 0.717) is 0 Å². The highest BCUT2D eigenvalue weighted by molar-refractivity contribution is 5.85. The van der Waals surface area contributed by atoms with Gasteiger partial charge in [0.25, 0.3) is 0 Å². The van der Waals surface area contributed by atoms with Crippen molar-refractivity contribution in [1.29, 1.82) is 0 Å². The molecule has 0 radical (unpaired) electrons. The first-order chi connectivity index (χ1) is 10.5. The van der Waals surface area contributed by atoms with Crippen LogP contribution in [0.2, 0.25) is 0 Å². The third kappa shape index (κ3) is 5.12. The number of benzene rings is 1. The number of nitrogens with zero attached hydrogens (tertiary/aromatic N) is 1. The molecule has 1 amide bonds. The van der Waals surface area contributed by atoms with Gasteiger partial charge in [-0.2, -0.15) is 0 Å². The number of rotatable bonds is 6. The number of carbonyl (C=O) groups is 1. The summed E-state index contributed by atoms with van der Waals surface area (Å²) in [5, 5.41) is 0. The van der Waals surface area contributed by atoms with Gasteiger partial charge in [-0.1, -0.05) is 12.8 Å². The zero-order chi connectivity index (χ0) is 16.1. The Morgan fingerprint density at radius 3 is 2.65 bits per heavy atom. The first-order valence-electron chi connectivity index (χ1n) is 7.52. The Bertz CT molecular complexity index is 525. The fourth-order valence-electron chi connectivity index (χ4n) is 2.91. The van der Waals surface area contributed by atoms with Crippen molar-refractivity contribution in [3.8, 4) is 0 Å². The normalized spacial score (nSPS) is 16.0. The van der Waals surface area contributed by atoms with Crippen molar-refractivity contribution in [3.63, 3.8) is 0 Å². The summed E-state index contributed by atoms with van der Waals surface area (Å²) in [7, 11) is 1.47. The maximum Gasteiger partial charge on any atom is 0.242 e. The lowest BCUT2D eigenvalue weighted by atomic mass is 10.1. The van der Waals surface area contributed by atoms with E-state index >= 15 is 0 Å². The molecule has 1 fully saturated rings. The summed E-state index contributed by atoms with van der Waals surface area (Å²) < 4.78 is 32.1. The number of ether oxygens (including phenoxy) is 1. The van der Waals surface area contributed by atoms with Crippen LogP contribution in [0, 0.1) is 11.6 Å². The Morgan fingerprint density at radius 2 is 2.04 bits per heavy atom. The summed E-state index contributed by atoms with van der Waals surface area (Å²) in [4.78, 5) is 14.1. The molecule has 0 saturated heterocycles. The van der Waals surface area contributed by atoms with Crippen LogP contribution in [0.5, 0.6) is 0 Å². The molecular formula is C16H23ClF2N2O2. The van der Waals surface area contributed by atoms with E-state index in [0.717, 1.165) is 43.9 Å². The predicted octanol–water partition coefficient (Wildman–Crippen LogP) is 2.63. The molecule has 23 heavy (non-hydrogen) atoms. The Labute approximate surface area is 141 Å².